The zero-order chi connectivity index (χ0) is 9.78. The van der Waals surface area contributed by atoms with Crippen LogP contribution in [0.25, 0.3) is 0 Å². The lowest BCUT2D eigenvalue weighted by Crippen LogP contribution is -2.18. The highest BCUT2D eigenvalue weighted by atomic mass is 32.1. The molecule has 0 aromatic heterocycles. The van der Waals surface area contributed by atoms with Crippen LogP contribution in [-0.4, -0.2) is 11.5 Å². The second-order valence-electron chi connectivity index (χ2n) is 3.74. The van der Waals surface area contributed by atoms with Gasteiger partial charge in [0.05, 0.1) is 0 Å². The Morgan fingerprint density at radius 3 is 2.25 bits per heavy atom. The average molecular weight is 186 g/mol. The first kappa shape index (κ1) is 11.8. The second kappa shape index (κ2) is 4.70. The molecular formula is C10H18OS. The third-order valence-electron chi connectivity index (χ3n) is 2.02. The Morgan fingerprint density at radius 1 is 1.42 bits per heavy atom. The van der Waals surface area contributed by atoms with Gasteiger partial charge < -0.3 is 0 Å². The molecule has 12 heavy (non-hydrogen) atoms. The van der Waals surface area contributed by atoms with E-state index in [2.05, 4.69) is 12.6 Å². The summed E-state index contributed by atoms with van der Waals surface area (Å²) in [5, 5.41) is 0. The van der Waals surface area contributed by atoms with E-state index in [4.69, 9.17) is 0 Å². The van der Waals surface area contributed by atoms with E-state index < -0.39 is 0 Å². The molecule has 2 heteroatoms. The van der Waals surface area contributed by atoms with Gasteiger partial charge in [0.1, 0.15) is 5.78 Å². The van der Waals surface area contributed by atoms with Gasteiger partial charge in [0.25, 0.3) is 0 Å². The van der Waals surface area contributed by atoms with Crippen LogP contribution in [0.1, 0.15) is 34.1 Å². The van der Waals surface area contributed by atoms with E-state index in [-0.39, 0.29) is 11.2 Å². The summed E-state index contributed by atoms with van der Waals surface area (Å²) < 4.78 is 0. The molecule has 0 fully saturated rings. The maximum Gasteiger partial charge on any atom is 0.139 e. The van der Waals surface area contributed by atoms with E-state index in [0.717, 1.165) is 12.2 Å². The monoisotopic (exact) mass is 186 g/mol. The fraction of sp³-hybridized carbons (Fsp3) is 0.700. The Hall–Kier alpha value is -0.240. The van der Waals surface area contributed by atoms with Crippen molar-refractivity contribution in [2.75, 3.05) is 5.75 Å². The van der Waals surface area contributed by atoms with E-state index in [1.54, 1.807) is 6.92 Å². The highest BCUT2D eigenvalue weighted by molar-refractivity contribution is 7.80. The number of thiol groups is 1. The van der Waals surface area contributed by atoms with E-state index >= 15 is 0 Å². The summed E-state index contributed by atoms with van der Waals surface area (Å²) in [6.45, 7) is 7.56. The van der Waals surface area contributed by atoms with Crippen molar-refractivity contribution in [1.82, 2.24) is 0 Å². The Labute approximate surface area is 80.7 Å². The molecule has 0 atom stereocenters. The van der Waals surface area contributed by atoms with Crippen LogP contribution in [-0.2, 0) is 4.79 Å². The molecule has 70 valence electrons. The predicted octanol–water partition coefficient (Wildman–Crippen LogP) is 2.87. The molecule has 0 heterocycles. The molecule has 0 rings (SSSR count). The minimum Gasteiger partial charge on any atom is -0.299 e. The lowest BCUT2D eigenvalue weighted by atomic mass is 9.86. The van der Waals surface area contributed by atoms with Gasteiger partial charge in [0.2, 0.25) is 0 Å². The molecule has 0 aromatic carbocycles. The van der Waals surface area contributed by atoms with Crippen LogP contribution < -0.4 is 0 Å². The Bertz CT molecular complexity index is 192. The molecule has 0 radical (unpaired) electrons. The fourth-order valence-electron chi connectivity index (χ4n) is 0.966. The summed E-state index contributed by atoms with van der Waals surface area (Å²) >= 11 is 4.14. The summed E-state index contributed by atoms with van der Waals surface area (Å²) in [7, 11) is 0. The number of carbonyl (C=O) groups is 1. The van der Waals surface area contributed by atoms with Crippen LogP contribution in [0.3, 0.4) is 0 Å². The van der Waals surface area contributed by atoms with Crippen LogP contribution in [0, 0.1) is 5.41 Å². The van der Waals surface area contributed by atoms with Crippen molar-refractivity contribution in [2.24, 2.45) is 5.41 Å². The van der Waals surface area contributed by atoms with Gasteiger partial charge in [-0.1, -0.05) is 11.6 Å². The first-order chi connectivity index (χ1) is 5.40. The summed E-state index contributed by atoms with van der Waals surface area (Å²) in [5.41, 5.74) is 0.928. The summed E-state index contributed by atoms with van der Waals surface area (Å²) in [4.78, 5) is 11.1. The zero-order valence-corrected chi connectivity index (χ0v) is 9.24. The second-order valence-corrected chi connectivity index (χ2v) is 4.19. The van der Waals surface area contributed by atoms with Crippen LogP contribution in [0.5, 0.6) is 0 Å². The number of hydrogen-bond acceptors (Lipinski definition) is 2. The molecule has 1 nitrogen and oxygen atoms in total. The quantitative estimate of drug-likeness (QED) is 0.528. The van der Waals surface area contributed by atoms with Gasteiger partial charge in [-0.15, -0.1) is 0 Å². The number of hydrogen-bond donors (Lipinski definition) is 1. The lowest BCUT2D eigenvalue weighted by Gasteiger charge is -2.17. The third kappa shape index (κ3) is 3.96. The van der Waals surface area contributed by atoms with Crippen LogP contribution >= 0.6 is 12.6 Å². The van der Waals surface area contributed by atoms with Crippen molar-refractivity contribution in [1.29, 1.82) is 0 Å². The standard InChI is InChI=1S/C10H18OS/c1-8(5-6-12)7-10(3,4)9(2)11/h7,12H,5-6H2,1-4H3/b8-7+. The minimum absolute atomic E-state index is 0.209. The molecule has 0 N–H and O–H groups in total. The van der Waals surface area contributed by atoms with Crippen LogP contribution in [0.2, 0.25) is 0 Å². The Morgan fingerprint density at radius 2 is 1.92 bits per heavy atom. The van der Waals surface area contributed by atoms with Gasteiger partial charge in [-0.05, 0) is 39.9 Å². The van der Waals surface area contributed by atoms with Gasteiger partial charge in [-0.25, -0.2) is 0 Å². The summed E-state index contributed by atoms with van der Waals surface area (Å²) in [6.07, 6.45) is 2.99. The molecule has 0 aliphatic heterocycles. The number of rotatable bonds is 4. The van der Waals surface area contributed by atoms with E-state index in [0.29, 0.717) is 0 Å². The minimum atomic E-state index is -0.312. The molecule has 0 amide bonds. The van der Waals surface area contributed by atoms with Crippen molar-refractivity contribution >= 4 is 18.4 Å². The van der Waals surface area contributed by atoms with Gasteiger partial charge >= 0.3 is 0 Å². The van der Waals surface area contributed by atoms with Crippen molar-refractivity contribution < 1.29 is 4.79 Å². The number of carbonyl (C=O) groups excluding carboxylic acids is 1. The van der Waals surface area contributed by atoms with E-state index in [1.807, 2.05) is 26.8 Å². The Kier molecular flexibility index (Phi) is 4.61. The predicted molar refractivity (Wildman–Crippen MR) is 56.7 cm³/mol. The summed E-state index contributed by atoms with van der Waals surface area (Å²) in [5.74, 6) is 1.05. The highest BCUT2D eigenvalue weighted by Crippen LogP contribution is 2.21. The lowest BCUT2D eigenvalue weighted by molar-refractivity contribution is -0.122. The first-order valence-electron chi connectivity index (χ1n) is 4.20. The number of ketones is 1. The molecule has 0 saturated heterocycles. The molecule has 0 spiro atoms. The van der Waals surface area contributed by atoms with Crippen LogP contribution in [0.15, 0.2) is 11.6 Å². The van der Waals surface area contributed by atoms with Crippen molar-refractivity contribution in [3.8, 4) is 0 Å². The topological polar surface area (TPSA) is 17.1 Å². The largest absolute Gasteiger partial charge is 0.299 e. The molecule has 0 unspecified atom stereocenters. The van der Waals surface area contributed by atoms with E-state index in [1.165, 1.54) is 5.57 Å². The van der Waals surface area contributed by atoms with Gasteiger partial charge in [-0.2, -0.15) is 12.6 Å². The van der Waals surface area contributed by atoms with Crippen LogP contribution in [0.4, 0.5) is 0 Å². The number of allylic oxidation sites excluding steroid dienone is 2. The SMILES string of the molecule is CC(=O)C(C)(C)/C=C(\C)CCS. The first-order valence-corrected chi connectivity index (χ1v) is 4.83. The van der Waals surface area contributed by atoms with Gasteiger partial charge in [0.15, 0.2) is 0 Å². The molecule has 0 aromatic rings. The maximum absolute atomic E-state index is 11.1. The molecular weight excluding hydrogens is 168 g/mol. The smallest absolute Gasteiger partial charge is 0.139 e. The normalized spacial score (nSPS) is 13.2. The third-order valence-corrected chi connectivity index (χ3v) is 2.24. The molecule has 0 aliphatic rings. The zero-order valence-electron chi connectivity index (χ0n) is 8.35. The molecule has 0 saturated carbocycles. The molecule has 0 bridgehead atoms. The Balaban J connectivity index is 4.39. The maximum atomic E-state index is 11.1. The summed E-state index contributed by atoms with van der Waals surface area (Å²) in [6, 6.07) is 0. The van der Waals surface area contributed by atoms with E-state index in [9.17, 15) is 4.79 Å². The van der Waals surface area contributed by atoms with Crippen molar-refractivity contribution in [3.63, 3.8) is 0 Å². The van der Waals surface area contributed by atoms with Crippen molar-refractivity contribution in [2.45, 2.75) is 34.1 Å². The van der Waals surface area contributed by atoms with Gasteiger partial charge in [0, 0.05) is 5.41 Å². The van der Waals surface area contributed by atoms with Crippen molar-refractivity contribution in [3.05, 3.63) is 11.6 Å². The number of Topliss-reactive ketones (excluding diaryl/α,β-unsaturated/α-hetero) is 1. The highest BCUT2D eigenvalue weighted by Gasteiger charge is 2.20. The average Bonchev–Trinajstić information content (AvgIpc) is 1.85. The fourth-order valence-corrected chi connectivity index (χ4v) is 1.32. The molecule has 0 aliphatic carbocycles. The van der Waals surface area contributed by atoms with Gasteiger partial charge in [-0.3, -0.25) is 4.79 Å².